The van der Waals surface area contributed by atoms with Gasteiger partial charge in [0, 0.05) is 28.8 Å². The summed E-state index contributed by atoms with van der Waals surface area (Å²) in [6, 6.07) is 9.37. The third-order valence-electron chi connectivity index (χ3n) is 3.99. The molecule has 7 heteroatoms. The van der Waals surface area contributed by atoms with Crippen LogP contribution in [-0.2, 0) is 17.9 Å². The van der Waals surface area contributed by atoms with E-state index in [0.29, 0.717) is 21.5 Å². The van der Waals surface area contributed by atoms with Crippen LogP contribution in [0.3, 0.4) is 0 Å². The van der Waals surface area contributed by atoms with Crippen LogP contribution >= 0.6 is 39.1 Å². The van der Waals surface area contributed by atoms with Crippen LogP contribution in [0.4, 0.5) is 0 Å². The van der Waals surface area contributed by atoms with Gasteiger partial charge in [-0.2, -0.15) is 0 Å². The second kappa shape index (κ2) is 11.9. The fourth-order valence-electron chi connectivity index (χ4n) is 2.58. The average Bonchev–Trinajstić information content (AvgIpc) is 2.64. The lowest BCUT2D eigenvalue weighted by Gasteiger charge is -2.16. The molecule has 0 bridgehead atoms. The molecule has 28 heavy (non-hydrogen) atoms. The van der Waals surface area contributed by atoms with E-state index in [1.807, 2.05) is 26.0 Å². The maximum absolute atomic E-state index is 6.22. The SMILES string of the molecule is COc1cc(CNCCCOC(C)C)cc(Br)c1OCc1c(Cl)cccc1Cl. The highest BCUT2D eigenvalue weighted by atomic mass is 79.9. The highest BCUT2D eigenvalue weighted by Gasteiger charge is 2.14. The lowest BCUT2D eigenvalue weighted by Crippen LogP contribution is -2.17. The number of halogens is 3. The summed E-state index contributed by atoms with van der Waals surface area (Å²) >= 11 is 16.0. The Bertz CT molecular complexity index is 751. The molecule has 0 aliphatic rings. The van der Waals surface area contributed by atoms with Crippen LogP contribution in [0.15, 0.2) is 34.8 Å². The van der Waals surface area contributed by atoms with Crippen LogP contribution in [0.5, 0.6) is 11.5 Å². The summed E-state index contributed by atoms with van der Waals surface area (Å²) in [6.45, 7) is 6.71. The Labute approximate surface area is 185 Å². The van der Waals surface area contributed by atoms with Crippen molar-refractivity contribution in [3.8, 4) is 11.5 Å². The summed E-state index contributed by atoms with van der Waals surface area (Å²) < 4.78 is 17.8. The standard InChI is InChI=1S/C21H26BrCl2NO3/c1-14(2)27-9-5-8-25-12-15-10-17(22)21(20(11-15)26-3)28-13-16-18(23)6-4-7-19(16)24/h4,6-7,10-11,14,25H,5,8-9,12-13H2,1-3H3. The molecular formula is C21H26BrCl2NO3. The average molecular weight is 491 g/mol. The first kappa shape index (κ1) is 23.3. The topological polar surface area (TPSA) is 39.7 Å². The van der Waals surface area contributed by atoms with E-state index in [9.17, 15) is 0 Å². The Morgan fingerprint density at radius 2 is 1.86 bits per heavy atom. The van der Waals surface area contributed by atoms with E-state index in [0.717, 1.165) is 41.7 Å². The molecule has 1 N–H and O–H groups in total. The lowest BCUT2D eigenvalue weighted by molar-refractivity contribution is 0.0770. The Morgan fingerprint density at radius 1 is 1.14 bits per heavy atom. The number of ether oxygens (including phenoxy) is 3. The van der Waals surface area contributed by atoms with Crippen molar-refractivity contribution in [3.63, 3.8) is 0 Å². The molecule has 0 aliphatic carbocycles. The predicted molar refractivity (Wildman–Crippen MR) is 119 cm³/mol. The molecule has 0 radical (unpaired) electrons. The summed E-state index contributed by atoms with van der Waals surface area (Å²) in [5, 5.41) is 4.56. The van der Waals surface area contributed by atoms with E-state index >= 15 is 0 Å². The smallest absolute Gasteiger partial charge is 0.175 e. The zero-order chi connectivity index (χ0) is 20.5. The molecule has 0 amide bonds. The van der Waals surface area contributed by atoms with Gasteiger partial charge in [-0.25, -0.2) is 0 Å². The summed E-state index contributed by atoms with van der Waals surface area (Å²) in [5.41, 5.74) is 1.84. The number of methoxy groups -OCH3 is 1. The lowest BCUT2D eigenvalue weighted by atomic mass is 10.2. The zero-order valence-electron chi connectivity index (χ0n) is 16.4. The van der Waals surface area contributed by atoms with Crippen LogP contribution < -0.4 is 14.8 Å². The predicted octanol–water partition coefficient (Wildman–Crippen LogP) is 6.25. The van der Waals surface area contributed by atoms with Gasteiger partial charge in [-0.15, -0.1) is 0 Å². The molecule has 154 valence electrons. The molecule has 0 heterocycles. The van der Waals surface area contributed by atoms with Gasteiger partial charge in [-0.1, -0.05) is 29.3 Å². The third kappa shape index (κ3) is 7.12. The van der Waals surface area contributed by atoms with E-state index in [4.69, 9.17) is 37.4 Å². The monoisotopic (exact) mass is 489 g/mol. The van der Waals surface area contributed by atoms with Crippen LogP contribution in [0.1, 0.15) is 31.4 Å². The van der Waals surface area contributed by atoms with Gasteiger partial charge < -0.3 is 19.5 Å². The van der Waals surface area contributed by atoms with Crippen molar-refractivity contribution in [3.05, 3.63) is 56.0 Å². The molecular weight excluding hydrogens is 465 g/mol. The molecule has 0 saturated carbocycles. The van der Waals surface area contributed by atoms with E-state index in [1.165, 1.54) is 0 Å². The minimum atomic E-state index is 0.251. The molecule has 2 aromatic rings. The molecule has 4 nitrogen and oxygen atoms in total. The maximum Gasteiger partial charge on any atom is 0.175 e. The summed E-state index contributed by atoms with van der Waals surface area (Å²) in [7, 11) is 1.62. The van der Waals surface area contributed by atoms with E-state index in [1.54, 1.807) is 25.3 Å². The summed E-state index contributed by atoms with van der Waals surface area (Å²) in [6.07, 6.45) is 1.24. The van der Waals surface area contributed by atoms with Crippen molar-refractivity contribution in [2.75, 3.05) is 20.3 Å². The van der Waals surface area contributed by atoms with Crippen LogP contribution in [0.2, 0.25) is 10.0 Å². The van der Waals surface area contributed by atoms with Gasteiger partial charge in [0.1, 0.15) is 6.61 Å². The first-order valence-corrected chi connectivity index (χ1v) is 10.7. The van der Waals surface area contributed by atoms with Gasteiger partial charge in [0.25, 0.3) is 0 Å². The second-order valence-corrected chi connectivity index (χ2v) is 8.22. The maximum atomic E-state index is 6.22. The molecule has 0 aliphatic heterocycles. The number of hydrogen-bond donors (Lipinski definition) is 1. The quantitative estimate of drug-likeness (QED) is 0.378. The van der Waals surface area contributed by atoms with Gasteiger partial charge in [-0.3, -0.25) is 0 Å². The van der Waals surface area contributed by atoms with Crippen molar-refractivity contribution in [2.24, 2.45) is 0 Å². The highest BCUT2D eigenvalue weighted by molar-refractivity contribution is 9.10. The summed E-state index contributed by atoms with van der Waals surface area (Å²) in [5.74, 6) is 1.27. The normalized spacial score (nSPS) is 11.1. The van der Waals surface area contributed by atoms with Gasteiger partial charge in [-0.05, 0) is 72.6 Å². The van der Waals surface area contributed by atoms with E-state index in [2.05, 4.69) is 21.2 Å². The number of nitrogens with one attached hydrogen (secondary N) is 1. The molecule has 2 rings (SSSR count). The molecule has 0 atom stereocenters. The fourth-order valence-corrected chi connectivity index (χ4v) is 3.69. The van der Waals surface area contributed by atoms with Crippen LogP contribution in [-0.4, -0.2) is 26.4 Å². The Balaban J connectivity index is 1.97. The van der Waals surface area contributed by atoms with Crippen molar-refractivity contribution < 1.29 is 14.2 Å². The number of rotatable bonds is 11. The zero-order valence-corrected chi connectivity index (χ0v) is 19.5. The Hall–Kier alpha value is -0.980. The van der Waals surface area contributed by atoms with Gasteiger partial charge in [0.2, 0.25) is 0 Å². The fraction of sp³-hybridized carbons (Fsp3) is 0.429. The van der Waals surface area contributed by atoms with Gasteiger partial charge in [0.05, 0.1) is 17.7 Å². The second-order valence-electron chi connectivity index (χ2n) is 6.55. The molecule has 0 spiro atoms. The van der Waals surface area contributed by atoms with Crippen LogP contribution in [0, 0.1) is 0 Å². The molecule has 0 fully saturated rings. The van der Waals surface area contributed by atoms with Crippen molar-refractivity contribution in [1.82, 2.24) is 5.32 Å². The van der Waals surface area contributed by atoms with Gasteiger partial charge >= 0.3 is 0 Å². The number of hydrogen-bond acceptors (Lipinski definition) is 4. The van der Waals surface area contributed by atoms with Gasteiger partial charge in [0.15, 0.2) is 11.5 Å². The Morgan fingerprint density at radius 3 is 2.50 bits per heavy atom. The van der Waals surface area contributed by atoms with Crippen molar-refractivity contribution in [2.45, 2.75) is 39.5 Å². The summed E-state index contributed by atoms with van der Waals surface area (Å²) in [4.78, 5) is 0. The highest BCUT2D eigenvalue weighted by Crippen LogP contribution is 2.38. The largest absolute Gasteiger partial charge is 0.493 e. The van der Waals surface area contributed by atoms with E-state index < -0.39 is 0 Å². The molecule has 0 unspecified atom stereocenters. The Kier molecular flexibility index (Phi) is 9.89. The third-order valence-corrected chi connectivity index (χ3v) is 5.29. The van der Waals surface area contributed by atoms with Crippen molar-refractivity contribution >= 4 is 39.1 Å². The van der Waals surface area contributed by atoms with E-state index in [-0.39, 0.29) is 12.7 Å². The number of benzene rings is 2. The molecule has 0 aromatic heterocycles. The molecule has 2 aromatic carbocycles. The first-order valence-electron chi connectivity index (χ1n) is 9.16. The van der Waals surface area contributed by atoms with Crippen LogP contribution in [0.25, 0.3) is 0 Å². The minimum absolute atomic E-state index is 0.251. The van der Waals surface area contributed by atoms with Crippen molar-refractivity contribution in [1.29, 1.82) is 0 Å². The first-order chi connectivity index (χ1) is 13.4. The molecule has 0 saturated heterocycles. The minimum Gasteiger partial charge on any atom is -0.493 e.